The number of aromatic amines is 1. The van der Waals surface area contributed by atoms with Crippen LogP contribution in [0.5, 0.6) is 5.75 Å². The van der Waals surface area contributed by atoms with E-state index >= 15 is 0 Å². The van der Waals surface area contributed by atoms with E-state index in [-0.39, 0.29) is 5.56 Å². The van der Waals surface area contributed by atoms with Gasteiger partial charge in [-0.05, 0) is 55.4 Å². The molecule has 0 saturated heterocycles. The molecule has 0 saturated carbocycles. The first-order chi connectivity index (χ1) is 11.0. The molecule has 0 radical (unpaired) electrons. The summed E-state index contributed by atoms with van der Waals surface area (Å²) >= 11 is 5.25. The van der Waals surface area contributed by atoms with Crippen LogP contribution >= 0.6 is 12.2 Å². The summed E-state index contributed by atoms with van der Waals surface area (Å²) in [4.78, 5) is 14.7. The molecule has 122 valence electrons. The Hall–Kier alpha value is -2.34. The molecule has 2 aromatic rings. The van der Waals surface area contributed by atoms with Gasteiger partial charge in [0.05, 0.1) is 7.11 Å². The number of aromatic nitrogens is 1. The minimum absolute atomic E-state index is 0.0760. The van der Waals surface area contributed by atoms with E-state index in [1.54, 1.807) is 7.11 Å². The van der Waals surface area contributed by atoms with Crippen molar-refractivity contribution in [2.24, 2.45) is 0 Å². The topological polar surface area (TPSA) is 66.2 Å². The molecule has 1 heterocycles. The highest BCUT2D eigenvalue weighted by molar-refractivity contribution is 7.80. The largest absolute Gasteiger partial charge is 0.497 e. The molecule has 2 rings (SSSR count). The minimum Gasteiger partial charge on any atom is -0.497 e. The van der Waals surface area contributed by atoms with E-state index < -0.39 is 0 Å². The number of methoxy groups -OCH3 is 1. The van der Waals surface area contributed by atoms with Crippen molar-refractivity contribution >= 4 is 17.3 Å². The molecule has 0 aliphatic rings. The lowest BCUT2D eigenvalue weighted by atomic mass is 10.1. The fraction of sp³-hybridized carbons (Fsp3) is 0.294. The Kier molecular flexibility index (Phi) is 5.76. The average molecular weight is 331 g/mol. The highest BCUT2D eigenvalue weighted by atomic mass is 32.1. The van der Waals surface area contributed by atoms with E-state index in [4.69, 9.17) is 17.0 Å². The molecule has 0 fully saturated rings. The van der Waals surface area contributed by atoms with Gasteiger partial charge in [0, 0.05) is 24.3 Å². The lowest BCUT2D eigenvalue weighted by molar-refractivity contribution is 0.414. The van der Waals surface area contributed by atoms with Gasteiger partial charge < -0.3 is 20.4 Å². The molecule has 0 aliphatic heterocycles. The first-order valence-corrected chi connectivity index (χ1v) is 7.74. The molecule has 0 amide bonds. The molecule has 0 atom stereocenters. The zero-order valence-electron chi connectivity index (χ0n) is 13.5. The van der Waals surface area contributed by atoms with Crippen LogP contribution in [0.1, 0.15) is 22.4 Å². The van der Waals surface area contributed by atoms with Crippen molar-refractivity contribution in [1.29, 1.82) is 0 Å². The van der Waals surface area contributed by atoms with Gasteiger partial charge in [-0.25, -0.2) is 0 Å². The maximum Gasteiger partial charge on any atom is 0.253 e. The molecule has 1 aromatic carbocycles. The van der Waals surface area contributed by atoms with Crippen LogP contribution in [0.3, 0.4) is 0 Å². The molecule has 6 heteroatoms. The Morgan fingerprint density at radius 2 is 1.83 bits per heavy atom. The smallest absolute Gasteiger partial charge is 0.253 e. The van der Waals surface area contributed by atoms with E-state index in [9.17, 15) is 4.79 Å². The third-order valence-corrected chi connectivity index (χ3v) is 3.82. The number of ether oxygens (including phenoxy) is 1. The maximum absolute atomic E-state index is 11.9. The number of hydrogen-bond donors (Lipinski definition) is 3. The second-order valence-electron chi connectivity index (χ2n) is 5.33. The van der Waals surface area contributed by atoms with Crippen LogP contribution in [0.4, 0.5) is 0 Å². The minimum atomic E-state index is -0.0760. The van der Waals surface area contributed by atoms with Gasteiger partial charge >= 0.3 is 0 Å². The zero-order chi connectivity index (χ0) is 16.8. The van der Waals surface area contributed by atoms with Crippen molar-refractivity contribution < 1.29 is 4.74 Å². The Bertz CT molecular complexity index is 738. The van der Waals surface area contributed by atoms with Crippen LogP contribution in [0.25, 0.3) is 0 Å². The average Bonchev–Trinajstić information content (AvgIpc) is 2.52. The highest BCUT2D eigenvalue weighted by Gasteiger charge is 2.06. The zero-order valence-corrected chi connectivity index (χ0v) is 14.3. The summed E-state index contributed by atoms with van der Waals surface area (Å²) in [6.45, 7) is 4.80. The van der Waals surface area contributed by atoms with Crippen molar-refractivity contribution in [1.82, 2.24) is 15.6 Å². The van der Waals surface area contributed by atoms with Gasteiger partial charge in [-0.15, -0.1) is 0 Å². The second-order valence-corrected chi connectivity index (χ2v) is 5.74. The maximum atomic E-state index is 11.9. The molecule has 0 aliphatic carbocycles. The molecule has 0 bridgehead atoms. The number of H-pyrrole nitrogens is 1. The fourth-order valence-electron chi connectivity index (χ4n) is 2.26. The third kappa shape index (κ3) is 4.82. The van der Waals surface area contributed by atoms with Crippen molar-refractivity contribution in [3.05, 3.63) is 63.1 Å². The van der Waals surface area contributed by atoms with Crippen LogP contribution in [-0.4, -0.2) is 17.2 Å². The molecule has 0 unspecified atom stereocenters. The van der Waals surface area contributed by atoms with E-state index in [2.05, 4.69) is 15.6 Å². The van der Waals surface area contributed by atoms with Crippen LogP contribution in [0, 0.1) is 13.8 Å². The Balaban J connectivity index is 1.87. The molecular weight excluding hydrogens is 310 g/mol. The van der Waals surface area contributed by atoms with Crippen molar-refractivity contribution in [3.8, 4) is 5.75 Å². The molecular formula is C17H21N3O2S. The van der Waals surface area contributed by atoms with Gasteiger partial charge in [0.1, 0.15) is 5.75 Å². The van der Waals surface area contributed by atoms with Crippen LogP contribution in [0.2, 0.25) is 0 Å². The summed E-state index contributed by atoms with van der Waals surface area (Å²) in [6.07, 6.45) is 0. The van der Waals surface area contributed by atoms with E-state index in [0.717, 1.165) is 22.6 Å². The fourth-order valence-corrected chi connectivity index (χ4v) is 2.40. The summed E-state index contributed by atoms with van der Waals surface area (Å²) in [6, 6.07) is 9.71. The Labute approximate surface area is 141 Å². The Morgan fingerprint density at radius 1 is 1.17 bits per heavy atom. The predicted octanol–water partition coefficient (Wildman–Crippen LogP) is 2.16. The summed E-state index contributed by atoms with van der Waals surface area (Å²) < 4.78 is 5.12. The van der Waals surface area contributed by atoms with Gasteiger partial charge in [0.2, 0.25) is 0 Å². The summed E-state index contributed by atoms with van der Waals surface area (Å²) in [5, 5.41) is 6.71. The van der Waals surface area contributed by atoms with Crippen LogP contribution < -0.4 is 20.9 Å². The van der Waals surface area contributed by atoms with Crippen LogP contribution in [0.15, 0.2) is 35.1 Å². The standard InChI is InChI=1S/C17H21N3O2S/c1-11-8-12(2)20-16(21)15(11)10-19-17(23)18-9-13-4-6-14(22-3)7-5-13/h4-8H,9-10H2,1-3H3,(H,20,21)(H2,18,19,23). The van der Waals surface area contributed by atoms with Gasteiger partial charge in [-0.2, -0.15) is 0 Å². The predicted molar refractivity (Wildman–Crippen MR) is 95.8 cm³/mol. The van der Waals surface area contributed by atoms with Crippen molar-refractivity contribution in [2.45, 2.75) is 26.9 Å². The molecule has 1 aromatic heterocycles. The van der Waals surface area contributed by atoms with Gasteiger partial charge in [-0.3, -0.25) is 4.79 Å². The van der Waals surface area contributed by atoms with Crippen molar-refractivity contribution in [2.75, 3.05) is 7.11 Å². The number of benzene rings is 1. The summed E-state index contributed by atoms with van der Waals surface area (Å²) in [5.41, 5.74) is 3.53. The van der Waals surface area contributed by atoms with E-state index in [1.165, 1.54) is 0 Å². The Morgan fingerprint density at radius 3 is 2.43 bits per heavy atom. The quantitative estimate of drug-likeness (QED) is 0.733. The first kappa shape index (κ1) is 17.0. The number of nitrogens with one attached hydrogen (secondary N) is 3. The molecule has 3 N–H and O–H groups in total. The lowest BCUT2D eigenvalue weighted by Crippen LogP contribution is -2.36. The molecule has 23 heavy (non-hydrogen) atoms. The number of pyridine rings is 1. The van der Waals surface area contributed by atoms with Crippen molar-refractivity contribution in [3.63, 3.8) is 0 Å². The number of rotatable bonds is 5. The first-order valence-electron chi connectivity index (χ1n) is 7.33. The SMILES string of the molecule is COc1ccc(CNC(=S)NCc2c(C)cc(C)[nH]c2=O)cc1. The van der Waals surface area contributed by atoms with Gasteiger partial charge in [0.15, 0.2) is 5.11 Å². The molecule has 5 nitrogen and oxygen atoms in total. The molecule has 0 spiro atoms. The summed E-state index contributed by atoms with van der Waals surface area (Å²) in [5.74, 6) is 0.823. The van der Waals surface area contributed by atoms with Crippen LogP contribution in [-0.2, 0) is 13.1 Å². The normalized spacial score (nSPS) is 10.2. The van der Waals surface area contributed by atoms with E-state index in [0.29, 0.717) is 23.8 Å². The highest BCUT2D eigenvalue weighted by Crippen LogP contribution is 2.10. The third-order valence-electron chi connectivity index (χ3n) is 3.53. The van der Waals surface area contributed by atoms with Gasteiger partial charge in [-0.1, -0.05) is 12.1 Å². The second kappa shape index (κ2) is 7.78. The number of thiocarbonyl (C=S) groups is 1. The summed E-state index contributed by atoms with van der Waals surface area (Å²) in [7, 11) is 1.64. The number of aryl methyl sites for hydroxylation is 2. The van der Waals surface area contributed by atoms with E-state index in [1.807, 2.05) is 44.2 Å². The lowest BCUT2D eigenvalue weighted by Gasteiger charge is -2.12. The number of hydrogen-bond acceptors (Lipinski definition) is 3. The monoisotopic (exact) mass is 331 g/mol. The van der Waals surface area contributed by atoms with Gasteiger partial charge in [0.25, 0.3) is 5.56 Å².